The van der Waals surface area contributed by atoms with E-state index in [9.17, 15) is 4.79 Å². The van der Waals surface area contributed by atoms with Crippen molar-refractivity contribution in [1.82, 2.24) is 4.90 Å². The number of likely N-dealkylation sites (N-methyl/N-ethyl adjacent to an activating group) is 1. The van der Waals surface area contributed by atoms with Crippen LogP contribution in [-0.2, 0) is 9.53 Å². The molecule has 3 nitrogen and oxygen atoms in total. The number of hydrogen-bond acceptors (Lipinski definition) is 3. The molecule has 0 aliphatic heterocycles. The SMILES string of the molecule is C=C(C)C(=O)OCCN(C)CCCCCCC. The van der Waals surface area contributed by atoms with Crippen molar-refractivity contribution >= 4 is 5.97 Å². The van der Waals surface area contributed by atoms with Crippen LogP contribution in [0.4, 0.5) is 0 Å². The third-order valence-corrected chi connectivity index (χ3v) is 2.70. The van der Waals surface area contributed by atoms with E-state index in [2.05, 4.69) is 25.5 Å². The van der Waals surface area contributed by atoms with Gasteiger partial charge in [-0.25, -0.2) is 4.79 Å². The molecule has 0 rings (SSSR count). The summed E-state index contributed by atoms with van der Waals surface area (Å²) in [6.45, 7) is 9.77. The predicted molar refractivity (Wildman–Crippen MR) is 72.0 cm³/mol. The Morgan fingerprint density at radius 2 is 1.82 bits per heavy atom. The van der Waals surface area contributed by atoms with Crippen molar-refractivity contribution in [3.63, 3.8) is 0 Å². The zero-order chi connectivity index (χ0) is 13.1. The molecule has 100 valence electrons. The van der Waals surface area contributed by atoms with E-state index in [1.807, 2.05) is 0 Å². The van der Waals surface area contributed by atoms with Gasteiger partial charge in [-0.1, -0.05) is 39.2 Å². The number of unbranched alkanes of at least 4 members (excludes halogenated alkanes) is 4. The van der Waals surface area contributed by atoms with Crippen molar-refractivity contribution in [2.24, 2.45) is 0 Å². The summed E-state index contributed by atoms with van der Waals surface area (Å²) in [6, 6.07) is 0. The first kappa shape index (κ1) is 16.2. The predicted octanol–water partition coefficient (Wildman–Crippen LogP) is 3.01. The molecule has 0 heterocycles. The van der Waals surface area contributed by atoms with Gasteiger partial charge in [0.15, 0.2) is 0 Å². The first-order valence-corrected chi connectivity index (χ1v) is 6.59. The number of nitrogens with zero attached hydrogens (tertiary/aromatic N) is 1. The summed E-state index contributed by atoms with van der Waals surface area (Å²) in [4.78, 5) is 13.3. The van der Waals surface area contributed by atoms with Gasteiger partial charge in [-0.3, -0.25) is 0 Å². The van der Waals surface area contributed by atoms with Crippen LogP contribution in [0.2, 0.25) is 0 Å². The summed E-state index contributed by atoms with van der Waals surface area (Å²) in [5.74, 6) is -0.290. The van der Waals surface area contributed by atoms with Crippen LogP contribution in [-0.4, -0.2) is 37.6 Å². The topological polar surface area (TPSA) is 29.5 Å². The molecule has 0 aromatic carbocycles. The summed E-state index contributed by atoms with van der Waals surface area (Å²) < 4.78 is 5.04. The number of ether oxygens (including phenoxy) is 1. The van der Waals surface area contributed by atoms with Crippen molar-refractivity contribution in [3.8, 4) is 0 Å². The van der Waals surface area contributed by atoms with Crippen LogP contribution in [0.25, 0.3) is 0 Å². The molecule has 0 aromatic rings. The zero-order valence-electron chi connectivity index (χ0n) is 11.6. The molecular weight excluding hydrogens is 214 g/mol. The van der Waals surface area contributed by atoms with Gasteiger partial charge in [-0.15, -0.1) is 0 Å². The Morgan fingerprint density at radius 3 is 2.41 bits per heavy atom. The maximum atomic E-state index is 11.1. The largest absolute Gasteiger partial charge is 0.461 e. The molecule has 0 radical (unpaired) electrons. The van der Waals surface area contributed by atoms with Crippen molar-refractivity contribution in [3.05, 3.63) is 12.2 Å². The first-order valence-electron chi connectivity index (χ1n) is 6.59. The average Bonchev–Trinajstić information content (AvgIpc) is 2.28. The molecule has 0 atom stereocenters. The lowest BCUT2D eigenvalue weighted by Crippen LogP contribution is -2.25. The summed E-state index contributed by atoms with van der Waals surface area (Å²) in [6.07, 6.45) is 6.47. The van der Waals surface area contributed by atoms with Gasteiger partial charge in [0.2, 0.25) is 0 Å². The van der Waals surface area contributed by atoms with Crippen LogP contribution in [0.15, 0.2) is 12.2 Å². The number of esters is 1. The molecule has 3 heteroatoms. The minimum absolute atomic E-state index is 0.290. The van der Waals surface area contributed by atoms with Gasteiger partial charge in [0, 0.05) is 12.1 Å². The van der Waals surface area contributed by atoms with Crippen LogP contribution in [0.1, 0.15) is 46.0 Å². The zero-order valence-corrected chi connectivity index (χ0v) is 11.6. The van der Waals surface area contributed by atoms with Crippen molar-refractivity contribution in [2.75, 3.05) is 26.7 Å². The van der Waals surface area contributed by atoms with Crippen LogP contribution in [0, 0.1) is 0 Å². The second-order valence-corrected chi connectivity index (χ2v) is 4.63. The fourth-order valence-corrected chi connectivity index (χ4v) is 1.51. The Hall–Kier alpha value is -0.830. The highest BCUT2D eigenvalue weighted by molar-refractivity contribution is 5.86. The molecule has 0 unspecified atom stereocenters. The number of carbonyl (C=O) groups excluding carboxylic acids is 1. The maximum Gasteiger partial charge on any atom is 0.333 e. The van der Waals surface area contributed by atoms with E-state index in [1.165, 1.54) is 32.1 Å². The molecule has 0 saturated carbocycles. The quantitative estimate of drug-likeness (QED) is 0.334. The van der Waals surface area contributed by atoms with Crippen molar-refractivity contribution in [1.29, 1.82) is 0 Å². The van der Waals surface area contributed by atoms with Gasteiger partial charge >= 0.3 is 5.97 Å². The molecule has 0 aliphatic rings. The van der Waals surface area contributed by atoms with Gasteiger partial charge in [-0.2, -0.15) is 0 Å². The van der Waals surface area contributed by atoms with E-state index < -0.39 is 0 Å². The summed E-state index contributed by atoms with van der Waals surface area (Å²) in [5.41, 5.74) is 0.465. The lowest BCUT2D eigenvalue weighted by Gasteiger charge is -2.16. The van der Waals surface area contributed by atoms with Gasteiger partial charge in [-0.05, 0) is 26.9 Å². The Bertz CT molecular complexity index is 226. The lowest BCUT2D eigenvalue weighted by molar-refractivity contribution is -0.139. The van der Waals surface area contributed by atoms with Gasteiger partial charge in [0.05, 0.1) is 0 Å². The summed E-state index contributed by atoms with van der Waals surface area (Å²) >= 11 is 0. The minimum atomic E-state index is -0.290. The van der Waals surface area contributed by atoms with Crippen molar-refractivity contribution < 1.29 is 9.53 Å². The lowest BCUT2D eigenvalue weighted by atomic mass is 10.1. The number of carbonyl (C=O) groups is 1. The highest BCUT2D eigenvalue weighted by Gasteiger charge is 2.04. The normalized spacial score (nSPS) is 10.6. The van der Waals surface area contributed by atoms with Gasteiger partial charge < -0.3 is 9.64 Å². The molecule has 0 aromatic heterocycles. The fraction of sp³-hybridized carbons (Fsp3) is 0.786. The summed E-state index contributed by atoms with van der Waals surface area (Å²) in [7, 11) is 2.06. The average molecular weight is 241 g/mol. The highest BCUT2D eigenvalue weighted by atomic mass is 16.5. The van der Waals surface area contributed by atoms with E-state index in [0.717, 1.165) is 13.1 Å². The van der Waals surface area contributed by atoms with Crippen molar-refractivity contribution in [2.45, 2.75) is 46.0 Å². The van der Waals surface area contributed by atoms with Crippen LogP contribution in [0.3, 0.4) is 0 Å². The Labute approximate surface area is 106 Å². The maximum absolute atomic E-state index is 11.1. The van der Waals surface area contributed by atoms with E-state index in [1.54, 1.807) is 6.92 Å². The molecular formula is C14H27NO2. The van der Waals surface area contributed by atoms with Gasteiger partial charge in [0.1, 0.15) is 6.61 Å². The van der Waals surface area contributed by atoms with Gasteiger partial charge in [0.25, 0.3) is 0 Å². The molecule has 0 bridgehead atoms. The molecule has 0 amide bonds. The monoisotopic (exact) mass is 241 g/mol. The molecule has 0 saturated heterocycles. The number of hydrogen-bond donors (Lipinski definition) is 0. The van der Waals surface area contributed by atoms with Crippen LogP contribution < -0.4 is 0 Å². The Morgan fingerprint density at radius 1 is 1.18 bits per heavy atom. The summed E-state index contributed by atoms with van der Waals surface area (Å²) in [5, 5.41) is 0. The molecule has 0 N–H and O–H groups in total. The third kappa shape index (κ3) is 10.1. The van der Waals surface area contributed by atoms with Crippen LogP contribution >= 0.6 is 0 Å². The Kier molecular flexibility index (Phi) is 9.83. The molecule has 0 aliphatic carbocycles. The second kappa shape index (κ2) is 10.3. The van der Waals surface area contributed by atoms with E-state index in [-0.39, 0.29) is 5.97 Å². The second-order valence-electron chi connectivity index (χ2n) is 4.63. The third-order valence-electron chi connectivity index (χ3n) is 2.70. The van der Waals surface area contributed by atoms with E-state index in [0.29, 0.717) is 12.2 Å². The standard InChI is InChI=1S/C14H27NO2/c1-5-6-7-8-9-10-15(4)11-12-17-14(16)13(2)3/h2,5-12H2,1,3-4H3. The smallest absolute Gasteiger partial charge is 0.333 e. The first-order chi connectivity index (χ1) is 8.07. The van der Waals surface area contributed by atoms with E-state index in [4.69, 9.17) is 4.74 Å². The number of rotatable bonds is 10. The fourth-order valence-electron chi connectivity index (χ4n) is 1.51. The van der Waals surface area contributed by atoms with Crippen LogP contribution in [0.5, 0.6) is 0 Å². The molecule has 0 spiro atoms. The Balaban J connectivity index is 3.37. The highest BCUT2D eigenvalue weighted by Crippen LogP contribution is 2.03. The minimum Gasteiger partial charge on any atom is -0.461 e. The molecule has 17 heavy (non-hydrogen) atoms. The van der Waals surface area contributed by atoms with E-state index >= 15 is 0 Å². The molecule has 0 fully saturated rings.